The minimum absolute atomic E-state index is 0.0565. The molecule has 0 aromatic heterocycles. The third-order valence-electron chi connectivity index (χ3n) is 5.09. The van der Waals surface area contributed by atoms with Crippen LogP contribution in [0.4, 0.5) is 0 Å². The van der Waals surface area contributed by atoms with Gasteiger partial charge in [0, 0.05) is 12.8 Å². The largest absolute Gasteiger partial charge is 0.508 e. The zero-order valence-electron chi connectivity index (χ0n) is 19.9. The number of phenols is 1. The van der Waals surface area contributed by atoms with Crippen LogP contribution in [0.5, 0.6) is 5.75 Å². The van der Waals surface area contributed by atoms with Crippen LogP contribution in [0.25, 0.3) is 0 Å². The Morgan fingerprint density at radius 2 is 1.46 bits per heavy atom. The first-order valence-electron chi connectivity index (χ1n) is 11.1. The van der Waals surface area contributed by atoms with Crippen LogP contribution in [-0.2, 0) is 35.2 Å². The van der Waals surface area contributed by atoms with Crippen LogP contribution in [0.3, 0.4) is 0 Å². The van der Waals surface area contributed by atoms with E-state index in [2.05, 4.69) is 16.0 Å². The number of aliphatic hydroxyl groups is 1. The second kappa shape index (κ2) is 14.4. The first-order chi connectivity index (χ1) is 17.2. The van der Waals surface area contributed by atoms with E-state index in [4.69, 9.17) is 16.6 Å². The predicted molar refractivity (Wildman–Crippen MR) is 126 cm³/mol. The number of aliphatic hydroxyl groups excluding tert-OH is 1. The Bertz CT molecular complexity index is 998. The molecule has 5 unspecified atom stereocenters. The van der Waals surface area contributed by atoms with Gasteiger partial charge in [0.2, 0.25) is 23.6 Å². The van der Waals surface area contributed by atoms with Crippen molar-refractivity contribution in [3.8, 4) is 5.75 Å². The molecule has 1 aromatic rings. The average molecular weight is 526 g/mol. The van der Waals surface area contributed by atoms with E-state index in [9.17, 15) is 44.1 Å². The number of phenolic OH excluding ortho intramolecular Hbond substituents is 1. The molecule has 0 bridgehead atoms. The van der Waals surface area contributed by atoms with Gasteiger partial charge in [0.1, 0.15) is 23.9 Å². The number of amides is 4. The quantitative estimate of drug-likeness (QED) is 0.111. The first-order valence-corrected chi connectivity index (χ1v) is 11.1. The fourth-order valence-electron chi connectivity index (χ4n) is 3.11. The summed E-state index contributed by atoms with van der Waals surface area (Å²) in [7, 11) is 0. The lowest BCUT2D eigenvalue weighted by Crippen LogP contribution is -2.60. The van der Waals surface area contributed by atoms with Gasteiger partial charge in [0.15, 0.2) is 0 Å². The zero-order chi connectivity index (χ0) is 28.3. The van der Waals surface area contributed by atoms with Crippen molar-refractivity contribution in [1.29, 1.82) is 0 Å². The molecule has 5 atom stereocenters. The van der Waals surface area contributed by atoms with Gasteiger partial charge in [-0.2, -0.15) is 0 Å². The summed E-state index contributed by atoms with van der Waals surface area (Å²) in [5, 5.41) is 44.2. The van der Waals surface area contributed by atoms with E-state index in [0.717, 1.165) is 6.92 Å². The predicted octanol–water partition coefficient (Wildman–Crippen LogP) is -3.08. The van der Waals surface area contributed by atoms with E-state index in [1.807, 2.05) is 0 Å². The van der Waals surface area contributed by atoms with Crippen molar-refractivity contribution in [2.45, 2.75) is 62.9 Å². The van der Waals surface area contributed by atoms with Crippen LogP contribution in [-0.4, -0.2) is 86.3 Å². The molecule has 0 radical (unpaired) electrons. The van der Waals surface area contributed by atoms with Crippen LogP contribution >= 0.6 is 0 Å². The lowest BCUT2D eigenvalue weighted by atomic mass is 10.0. The van der Waals surface area contributed by atoms with Crippen LogP contribution in [0.1, 0.15) is 31.7 Å². The molecular weight excluding hydrogens is 494 g/mol. The number of nitrogens with two attached hydrogens (primary N) is 2. The molecule has 0 fully saturated rings. The number of aliphatic carboxylic acids is 2. The lowest BCUT2D eigenvalue weighted by molar-refractivity contribution is -0.144. The lowest BCUT2D eigenvalue weighted by Gasteiger charge is -2.26. The summed E-state index contributed by atoms with van der Waals surface area (Å²) < 4.78 is 0. The highest BCUT2D eigenvalue weighted by Crippen LogP contribution is 2.12. The van der Waals surface area contributed by atoms with Crippen molar-refractivity contribution in [2.75, 3.05) is 0 Å². The number of primary amides is 1. The number of carbonyl (C=O) groups excluding carboxylic acids is 4. The SMILES string of the molecule is CC(O)C(NC(=O)C(Cc1ccc(O)cc1)NC(=O)C(N)CC(N)=O)C(=O)NC(CCC(=O)O)C(=O)O. The summed E-state index contributed by atoms with van der Waals surface area (Å²) in [6, 6.07) is -0.464. The Morgan fingerprint density at radius 3 is 1.95 bits per heavy atom. The van der Waals surface area contributed by atoms with E-state index >= 15 is 0 Å². The number of aromatic hydroxyl groups is 1. The Morgan fingerprint density at radius 1 is 0.892 bits per heavy atom. The van der Waals surface area contributed by atoms with E-state index < -0.39 is 85.1 Å². The smallest absolute Gasteiger partial charge is 0.326 e. The molecule has 0 aliphatic carbocycles. The fourth-order valence-corrected chi connectivity index (χ4v) is 3.11. The molecule has 4 amide bonds. The molecule has 0 heterocycles. The molecular formula is C22H31N5O10. The maximum Gasteiger partial charge on any atom is 0.326 e. The van der Waals surface area contributed by atoms with E-state index in [1.165, 1.54) is 24.3 Å². The molecule has 0 spiro atoms. The van der Waals surface area contributed by atoms with Gasteiger partial charge in [-0.15, -0.1) is 0 Å². The van der Waals surface area contributed by atoms with Crippen molar-refractivity contribution in [3.05, 3.63) is 29.8 Å². The topological polar surface area (TPSA) is 271 Å². The van der Waals surface area contributed by atoms with E-state index in [1.54, 1.807) is 0 Å². The molecule has 15 heteroatoms. The molecule has 11 N–H and O–H groups in total. The van der Waals surface area contributed by atoms with E-state index in [-0.39, 0.29) is 12.2 Å². The van der Waals surface area contributed by atoms with Gasteiger partial charge in [0.05, 0.1) is 18.6 Å². The average Bonchev–Trinajstić information content (AvgIpc) is 2.79. The molecule has 37 heavy (non-hydrogen) atoms. The van der Waals surface area contributed by atoms with Crippen molar-refractivity contribution in [1.82, 2.24) is 16.0 Å². The van der Waals surface area contributed by atoms with Gasteiger partial charge in [-0.1, -0.05) is 12.1 Å². The number of rotatable bonds is 15. The Hall–Kier alpha value is -4.24. The highest BCUT2D eigenvalue weighted by Gasteiger charge is 2.33. The molecule has 0 saturated heterocycles. The maximum absolute atomic E-state index is 13.1. The summed E-state index contributed by atoms with van der Waals surface area (Å²) in [5.41, 5.74) is 11.1. The molecule has 1 rings (SSSR count). The van der Waals surface area contributed by atoms with Gasteiger partial charge in [-0.3, -0.25) is 24.0 Å². The normalized spacial score (nSPS) is 14.8. The van der Waals surface area contributed by atoms with Crippen molar-refractivity contribution >= 4 is 35.6 Å². The highest BCUT2D eigenvalue weighted by atomic mass is 16.4. The standard InChI is InChI=1S/C22H31N5O10/c1-10(28)18(21(35)25-14(22(36)37)6-7-17(31)32)27-20(34)15(8-11-2-4-12(29)5-3-11)26-19(33)13(23)9-16(24)30/h2-5,10,13-15,18,28-29H,6-9,23H2,1H3,(H2,24,30)(H,25,35)(H,26,33)(H,27,34)(H,31,32)(H,36,37). The molecule has 15 nitrogen and oxygen atoms in total. The van der Waals surface area contributed by atoms with Crippen LogP contribution < -0.4 is 27.4 Å². The fraction of sp³-hybridized carbons (Fsp3) is 0.455. The van der Waals surface area contributed by atoms with Crippen LogP contribution in [0, 0.1) is 0 Å². The third-order valence-corrected chi connectivity index (χ3v) is 5.09. The van der Waals surface area contributed by atoms with Crippen LogP contribution in [0.15, 0.2) is 24.3 Å². The number of hydrogen-bond acceptors (Lipinski definition) is 9. The molecule has 0 saturated carbocycles. The van der Waals surface area contributed by atoms with Gasteiger partial charge in [0.25, 0.3) is 0 Å². The van der Waals surface area contributed by atoms with Crippen molar-refractivity contribution < 1.29 is 49.2 Å². The number of benzene rings is 1. The van der Waals surface area contributed by atoms with Crippen molar-refractivity contribution in [3.63, 3.8) is 0 Å². The van der Waals surface area contributed by atoms with Crippen LogP contribution in [0.2, 0.25) is 0 Å². The summed E-state index contributed by atoms with van der Waals surface area (Å²) in [5.74, 6) is -6.71. The number of hydrogen-bond donors (Lipinski definition) is 9. The third kappa shape index (κ3) is 10.9. The van der Waals surface area contributed by atoms with Crippen molar-refractivity contribution in [2.24, 2.45) is 11.5 Å². The highest BCUT2D eigenvalue weighted by molar-refractivity contribution is 5.95. The second-order valence-corrected chi connectivity index (χ2v) is 8.27. The minimum atomic E-state index is -1.68. The Labute approximate surface area is 211 Å². The number of nitrogens with one attached hydrogen (secondary N) is 3. The van der Waals surface area contributed by atoms with Gasteiger partial charge in [-0.05, 0) is 31.0 Å². The Kier molecular flexibility index (Phi) is 11.9. The number of carboxylic acid groups (broad SMARTS) is 2. The van der Waals surface area contributed by atoms with Gasteiger partial charge < -0.3 is 47.8 Å². The summed E-state index contributed by atoms with van der Waals surface area (Å²) >= 11 is 0. The van der Waals surface area contributed by atoms with E-state index in [0.29, 0.717) is 5.56 Å². The Balaban J connectivity index is 3.10. The monoisotopic (exact) mass is 525 g/mol. The van der Waals surface area contributed by atoms with Gasteiger partial charge in [-0.25, -0.2) is 4.79 Å². The first kappa shape index (κ1) is 30.8. The summed E-state index contributed by atoms with van der Waals surface area (Å²) in [6.07, 6.45) is -3.21. The summed E-state index contributed by atoms with van der Waals surface area (Å²) in [4.78, 5) is 71.4. The number of carbonyl (C=O) groups is 6. The second-order valence-electron chi connectivity index (χ2n) is 8.27. The van der Waals surface area contributed by atoms with Gasteiger partial charge >= 0.3 is 11.9 Å². The maximum atomic E-state index is 13.1. The molecule has 0 aliphatic rings. The number of carboxylic acids is 2. The molecule has 204 valence electrons. The molecule has 0 aliphatic heterocycles. The molecule has 1 aromatic carbocycles. The minimum Gasteiger partial charge on any atom is -0.508 e. The zero-order valence-corrected chi connectivity index (χ0v) is 19.9. The summed E-state index contributed by atoms with van der Waals surface area (Å²) in [6.45, 7) is 1.15.